The van der Waals surface area contributed by atoms with Crippen molar-refractivity contribution < 1.29 is 33.7 Å². The highest BCUT2D eigenvalue weighted by Crippen LogP contribution is 2.38. The van der Waals surface area contributed by atoms with Gasteiger partial charge in [-0.05, 0) is 58.8 Å². The first-order valence-corrected chi connectivity index (χ1v) is 11.7. The molecule has 0 aromatic carbocycles. The van der Waals surface area contributed by atoms with Crippen LogP contribution in [0.1, 0.15) is 66.2 Å². The molecule has 1 fully saturated rings. The van der Waals surface area contributed by atoms with Gasteiger partial charge in [0.1, 0.15) is 17.0 Å². The second kappa shape index (κ2) is 13.3. The summed E-state index contributed by atoms with van der Waals surface area (Å²) in [5, 5.41) is 13.0. The number of aliphatic imine (C=N–C) groups is 1. The van der Waals surface area contributed by atoms with Crippen LogP contribution in [-0.4, -0.2) is 79.7 Å². The zero-order valence-corrected chi connectivity index (χ0v) is 21.6. The molecule has 0 saturated heterocycles. The van der Waals surface area contributed by atoms with Gasteiger partial charge < -0.3 is 24.6 Å². The van der Waals surface area contributed by atoms with Crippen molar-refractivity contribution in [2.75, 3.05) is 34.4 Å². The smallest absolute Gasteiger partial charge is 0.410 e. The molecular formula is C24H41N3O7. The first-order valence-electron chi connectivity index (χ1n) is 11.7. The number of aliphatic hydroxyl groups is 1. The lowest BCUT2D eigenvalue weighted by atomic mass is 9.74. The number of amides is 1. The SMILES string of the molecule is CCCCOCC1CCC(/C(=N/C(C(=O)OC)=C(/O)C=O)NC)(N(C)C(=O)OC(C)(C)C)CC1. The molecule has 1 aliphatic rings. The number of allylic oxidation sites excluding steroid dienone is 1. The Morgan fingerprint density at radius 2 is 1.88 bits per heavy atom. The Balaban J connectivity index is 3.37. The number of ether oxygens (including phenoxy) is 3. The summed E-state index contributed by atoms with van der Waals surface area (Å²) >= 11 is 0. The summed E-state index contributed by atoms with van der Waals surface area (Å²) in [5.74, 6) is -1.26. The molecule has 10 heteroatoms. The molecule has 0 spiro atoms. The predicted octanol–water partition coefficient (Wildman–Crippen LogP) is 3.36. The van der Waals surface area contributed by atoms with Crippen LogP contribution >= 0.6 is 0 Å². The third-order valence-electron chi connectivity index (χ3n) is 5.87. The number of likely N-dealkylation sites (N-methyl/N-ethyl adjacent to an activating group) is 2. The highest BCUT2D eigenvalue weighted by molar-refractivity contribution is 6.01. The van der Waals surface area contributed by atoms with Gasteiger partial charge in [0.15, 0.2) is 17.7 Å². The molecule has 10 nitrogen and oxygen atoms in total. The summed E-state index contributed by atoms with van der Waals surface area (Å²) in [4.78, 5) is 42.2. The van der Waals surface area contributed by atoms with Crippen LogP contribution in [0.15, 0.2) is 16.4 Å². The van der Waals surface area contributed by atoms with Gasteiger partial charge in [-0.1, -0.05) is 13.3 Å². The lowest BCUT2D eigenvalue weighted by Crippen LogP contribution is -2.61. The van der Waals surface area contributed by atoms with Gasteiger partial charge in [0.25, 0.3) is 0 Å². The third kappa shape index (κ3) is 8.00. The molecule has 0 atom stereocenters. The van der Waals surface area contributed by atoms with E-state index < -0.39 is 34.7 Å². The Morgan fingerprint density at radius 3 is 2.35 bits per heavy atom. The molecule has 194 valence electrons. The van der Waals surface area contributed by atoms with Crippen LogP contribution in [0.3, 0.4) is 0 Å². The highest BCUT2D eigenvalue weighted by Gasteiger charge is 2.46. The molecule has 0 unspecified atom stereocenters. The quantitative estimate of drug-likeness (QED) is 0.0921. The van der Waals surface area contributed by atoms with E-state index in [1.807, 2.05) is 0 Å². The number of carbonyl (C=O) groups excluding carboxylic acids is 3. The maximum absolute atomic E-state index is 13.1. The number of rotatable bonds is 10. The first-order chi connectivity index (χ1) is 16.0. The van der Waals surface area contributed by atoms with Crippen molar-refractivity contribution >= 4 is 24.2 Å². The summed E-state index contributed by atoms with van der Waals surface area (Å²) in [6.45, 7) is 8.81. The van der Waals surface area contributed by atoms with Crippen LogP contribution in [0.4, 0.5) is 4.79 Å². The van der Waals surface area contributed by atoms with Crippen LogP contribution < -0.4 is 5.32 Å². The Labute approximate surface area is 202 Å². The number of esters is 1. The maximum atomic E-state index is 13.1. The zero-order chi connectivity index (χ0) is 25.9. The van der Waals surface area contributed by atoms with Gasteiger partial charge >= 0.3 is 12.1 Å². The minimum absolute atomic E-state index is 0.123. The number of nitrogens with one attached hydrogen (secondary N) is 1. The second-order valence-corrected chi connectivity index (χ2v) is 9.50. The molecule has 34 heavy (non-hydrogen) atoms. The molecule has 0 aromatic heterocycles. The van der Waals surface area contributed by atoms with E-state index in [4.69, 9.17) is 9.47 Å². The fourth-order valence-electron chi connectivity index (χ4n) is 3.92. The van der Waals surface area contributed by atoms with Crippen molar-refractivity contribution in [2.45, 2.75) is 77.4 Å². The van der Waals surface area contributed by atoms with E-state index in [-0.39, 0.29) is 12.1 Å². The molecule has 0 bridgehead atoms. The summed E-state index contributed by atoms with van der Waals surface area (Å²) in [5.41, 5.74) is -2.20. The van der Waals surface area contributed by atoms with E-state index in [0.717, 1.165) is 39.4 Å². The molecular weight excluding hydrogens is 442 g/mol. The van der Waals surface area contributed by atoms with Crippen LogP contribution in [0.25, 0.3) is 0 Å². The number of nitrogens with zero attached hydrogens (tertiary/aromatic N) is 2. The fraction of sp³-hybridized carbons (Fsp3) is 0.750. The van der Waals surface area contributed by atoms with E-state index in [2.05, 4.69) is 22.0 Å². The predicted molar refractivity (Wildman–Crippen MR) is 129 cm³/mol. The standard InChI is InChI=1S/C24H41N3O7/c1-8-9-14-33-16-17-10-12-24(13-11-17,27(6)22(31)34-23(2,3)4)21(25-5)26-19(18(29)15-28)20(30)32-7/h15,17,29H,8-14,16H2,1-7H3,(H,25,26)/b19-18+. The van der Waals surface area contributed by atoms with Crippen LogP contribution in [-0.2, 0) is 23.8 Å². The largest absolute Gasteiger partial charge is 0.503 e. The second-order valence-electron chi connectivity index (χ2n) is 9.50. The molecule has 1 aliphatic carbocycles. The van der Waals surface area contributed by atoms with Gasteiger partial charge in [-0.15, -0.1) is 0 Å². The minimum Gasteiger partial charge on any atom is -0.503 e. The van der Waals surface area contributed by atoms with E-state index in [0.29, 0.717) is 25.4 Å². The topological polar surface area (TPSA) is 127 Å². The molecule has 1 amide bonds. The van der Waals surface area contributed by atoms with E-state index in [9.17, 15) is 19.5 Å². The number of hydrogen-bond donors (Lipinski definition) is 2. The summed E-state index contributed by atoms with van der Waals surface area (Å²) in [6, 6.07) is 0. The van der Waals surface area contributed by atoms with Gasteiger partial charge in [0, 0.05) is 27.3 Å². The van der Waals surface area contributed by atoms with Crippen LogP contribution in [0.2, 0.25) is 0 Å². The van der Waals surface area contributed by atoms with Gasteiger partial charge in [0.05, 0.1) is 7.11 Å². The van der Waals surface area contributed by atoms with Crippen molar-refractivity contribution in [2.24, 2.45) is 10.9 Å². The molecule has 1 rings (SSSR count). The molecule has 0 aliphatic heterocycles. The van der Waals surface area contributed by atoms with Gasteiger partial charge in [0.2, 0.25) is 0 Å². The van der Waals surface area contributed by atoms with Crippen molar-refractivity contribution in [1.29, 1.82) is 0 Å². The van der Waals surface area contributed by atoms with Gasteiger partial charge in [-0.3, -0.25) is 9.69 Å². The molecule has 0 radical (unpaired) electrons. The average molecular weight is 484 g/mol. The van der Waals surface area contributed by atoms with Crippen molar-refractivity contribution in [3.63, 3.8) is 0 Å². The Hall–Kier alpha value is -2.62. The number of aldehydes is 1. The number of unbranched alkanes of at least 4 members (excludes halogenated alkanes) is 1. The number of carbonyl (C=O) groups is 3. The van der Waals surface area contributed by atoms with E-state index in [1.165, 1.54) is 4.90 Å². The molecule has 2 N–H and O–H groups in total. The van der Waals surface area contributed by atoms with Crippen molar-refractivity contribution in [1.82, 2.24) is 10.2 Å². The lowest BCUT2D eigenvalue weighted by molar-refractivity contribution is -0.136. The molecule has 0 heterocycles. The fourth-order valence-corrected chi connectivity index (χ4v) is 3.92. The Bertz CT molecular complexity index is 763. The minimum atomic E-state index is -0.967. The summed E-state index contributed by atoms with van der Waals surface area (Å²) < 4.78 is 16.1. The lowest BCUT2D eigenvalue weighted by Gasteiger charge is -2.46. The van der Waals surface area contributed by atoms with Crippen molar-refractivity contribution in [3.05, 3.63) is 11.5 Å². The van der Waals surface area contributed by atoms with E-state index in [1.54, 1.807) is 34.9 Å². The first kappa shape index (κ1) is 29.4. The normalized spacial score (nSPS) is 21.9. The number of methoxy groups -OCH3 is 1. The Kier molecular flexibility index (Phi) is 11.5. The van der Waals surface area contributed by atoms with Crippen LogP contribution in [0.5, 0.6) is 0 Å². The summed E-state index contributed by atoms with van der Waals surface area (Å²) in [6.07, 6.45) is 4.18. The summed E-state index contributed by atoms with van der Waals surface area (Å²) in [7, 11) is 4.36. The van der Waals surface area contributed by atoms with Gasteiger partial charge in [-0.2, -0.15) is 0 Å². The third-order valence-corrected chi connectivity index (χ3v) is 5.87. The number of amidine groups is 1. The highest BCUT2D eigenvalue weighted by atomic mass is 16.6. The zero-order valence-electron chi connectivity index (χ0n) is 21.6. The molecule has 1 saturated carbocycles. The Morgan fingerprint density at radius 1 is 1.26 bits per heavy atom. The van der Waals surface area contributed by atoms with Crippen molar-refractivity contribution in [3.8, 4) is 0 Å². The number of aliphatic hydroxyl groups excluding tert-OH is 1. The van der Waals surface area contributed by atoms with Crippen LogP contribution in [0, 0.1) is 5.92 Å². The van der Waals surface area contributed by atoms with E-state index >= 15 is 0 Å². The maximum Gasteiger partial charge on any atom is 0.410 e. The monoisotopic (exact) mass is 483 g/mol. The van der Waals surface area contributed by atoms with Gasteiger partial charge in [-0.25, -0.2) is 14.6 Å². The number of hydrogen-bond acceptors (Lipinski definition) is 8. The average Bonchev–Trinajstić information content (AvgIpc) is 2.80. The molecule has 0 aromatic rings.